The van der Waals surface area contributed by atoms with Crippen LogP contribution < -0.4 is 24.8 Å². The van der Waals surface area contributed by atoms with Crippen LogP contribution in [0.25, 0.3) is 0 Å². The number of methoxy groups -OCH3 is 2. The number of hydrogen-bond acceptors (Lipinski definition) is 8. The number of carbonyl (C=O) groups is 1. The third-order valence-electron chi connectivity index (χ3n) is 5.13. The van der Waals surface area contributed by atoms with Crippen molar-refractivity contribution >= 4 is 17.5 Å². The predicted molar refractivity (Wildman–Crippen MR) is 134 cm³/mol. The molecule has 0 unspecified atom stereocenters. The van der Waals surface area contributed by atoms with Gasteiger partial charge in [-0.05, 0) is 18.9 Å². The summed E-state index contributed by atoms with van der Waals surface area (Å²) in [6.07, 6.45) is -1.47. The average molecular weight is 527 g/mol. The number of anilines is 2. The first-order chi connectivity index (χ1) is 17.1. The van der Waals surface area contributed by atoms with Crippen LogP contribution in [0.1, 0.15) is 57.2 Å². The van der Waals surface area contributed by atoms with Crippen LogP contribution in [0.15, 0.2) is 12.1 Å². The van der Waals surface area contributed by atoms with E-state index in [0.29, 0.717) is 40.9 Å². The van der Waals surface area contributed by atoms with Crippen molar-refractivity contribution in [3.8, 4) is 29.2 Å². The van der Waals surface area contributed by atoms with Crippen LogP contribution in [-0.4, -0.2) is 49.5 Å². The molecular formula is C25H33F3N4O5. The summed E-state index contributed by atoms with van der Waals surface area (Å²) in [5.41, 5.74) is 3.18. The van der Waals surface area contributed by atoms with Gasteiger partial charge in [-0.2, -0.15) is 23.4 Å². The maximum absolute atomic E-state index is 10.6. The number of aromatic nitrogens is 1. The van der Waals surface area contributed by atoms with Crippen molar-refractivity contribution in [1.82, 2.24) is 4.98 Å². The molecule has 3 rings (SSSR count). The molecule has 2 aromatic rings. The van der Waals surface area contributed by atoms with Gasteiger partial charge < -0.3 is 30.0 Å². The fraction of sp³-hybridized carbons (Fsp3) is 0.480. The van der Waals surface area contributed by atoms with Crippen molar-refractivity contribution in [1.29, 1.82) is 5.26 Å². The normalized spacial score (nSPS) is 11.2. The minimum atomic E-state index is -5.08. The van der Waals surface area contributed by atoms with Gasteiger partial charge in [-0.25, -0.2) is 4.79 Å². The molecule has 1 aromatic carbocycles. The van der Waals surface area contributed by atoms with E-state index in [1.54, 1.807) is 14.2 Å². The largest absolute Gasteiger partial charge is 0.493 e. The number of nitrogens with zero attached hydrogens (tertiary/aromatic N) is 2. The van der Waals surface area contributed by atoms with Gasteiger partial charge in [-0.15, -0.1) is 0 Å². The summed E-state index contributed by atoms with van der Waals surface area (Å²) >= 11 is 0. The van der Waals surface area contributed by atoms with Crippen LogP contribution in [0.2, 0.25) is 0 Å². The van der Waals surface area contributed by atoms with E-state index in [-0.39, 0.29) is 7.43 Å². The summed E-state index contributed by atoms with van der Waals surface area (Å²) < 4.78 is 48.7. The highest BCUT2D eigenvalue weighted by Crippen LogP contribution is 2.45. The highest BCUT2D eigenvalue weighted by Gasteiger charge is 2.38. The van der Waals surface area contributed by atoms with Crippen molar-refractivity contribution in [3.05, 3.63) is 28.8 Å². The van der Waals surface area contributed by atoms with E-state index >= 15 is 0 Å². The first-order valence-corrected chi connectivity index (χ1v) is 11.3. The Morgan fingerprint density at radius 2 is 1.78 bits per heavy atom. The Hall–Kier alpha value is -3.88. The molecule has 0 radical (unpaired) electrons. The van der Waals surface area contributed by atoms with Crippen LogP contribution in [-0.2, 0) is 11.2 Å². The molecule has 0 atom stereocenters. The van der Waals surface area contributed by atoms with Crippen LogP contribution in [0, 0.1) is 11.3 Å². The molecular weight excluding hydrogens is 493 g/mol. The van der Waals surface area contributed by atoms with Crippen molar-refractivity contribution < 1.29 is 37.3 Å². The molecule has 0 amide bonds. The maximum Gasteiger partial charge on any atom is 0.490 e. The highest BCUT2D eigenvalue weighted by atomic mass is 19.4. The second-order valence-electron chi connectivity index (χ2n) is 7.71. The van der Waals surface area contributed by atoms with E-state index < -0.39 is 12.1 Å². The molecule has 12 heteroatoms. The third kappa shape index (κ3) is 7.80. The number of aliphatic carboxylic acids is 1. The van der Waals surface area contributed by atoms with Gasteiger partial charge in [0.25, 0.3) is 0 Å². The molecule has 0 saturated heterocycles. The molecule has 0 spiro atoms. The number of alkyl halides is 3. The van der Waals surface area contributed by atoms with Crippen molar-refractivity contribution in [3.63, 3.8) is 0 Å². The SMILES string of the molecule is C.CCCCNc1c(C#N)c(NCCC)nc2c1Cc1cc(OC)c(OC)cc1O2.O=C(O)C(F)(F)F. The van der Waals surface area contributed by atoms with Crippen molar-refractivity contribution in [2.45, 2.75) is 53.1 Å². The van der Waals surface area contributed by atoms with Crippen molar-refractivity contribution in [2.24, 2.45) is 0 Å². The Bertz CT molecular complexity index is 1120. The molecule has 0 aliphatic carbocycles. The zero-order chi connectivity index (χ0) is 26.9. The zero-order valence-electron chi connectivity index (χ0n) is 20.5. The second-order valence-corrected chi connectivity index (χ2v) is 7.71. The van der Waals surface area contributed by atoms with Gasteiger partial charge in [0.05, 0.1) is 19.9 Å². The quantitative estimate of drug-likeness (QED) is 0.289. The molecule has 2 heterocycles. The van der Waals surface area contributed by atoms with E-state index in [0.717, 1.165) is 49.2 Å². The van der Waals surface area contributed by atoms with E-state index in [9.17, 15) is 18.4 Å². The van der Waals surface area contributed by atoms with Crippen molar-refractivity contribution in [2.75, 3.05) is 37.9 Å². The number of ether oxygens (including phenoxy) is 3. The fourth-order valence-corrected chi connectivity index (χ4v) is 3.35. The predicted octanol–water partition coefficient (Wildman–Crippen LogP) is 5.97. The van der Waals surface area contributed by atoms with Gasteiger partial charge >= 0.3 is 12.1 Å². The summed E-state index contributed by atoms with van der Waals surface area (Å²) in [6, 6.07) is 6.07. The average Bonchev–Trinajstić information content (AvgIpc) is 2.85. The number of fused-ring (bicyclic) bond motifs is 2. The standard InChI is InChI=1S/C22H28N4O3.C2HF3O2.CH4/c1-5-7-9-24-20-15-10-14-11-18(27-3)19(28-4)12-17(14)29-22(15)26-21(16(20)13-23)25-8-6-2;3-2(4,5)1(6)7;/h11-12H,5-10H2,1-4H3,(H2,24,25,26);(H,6,7);1H4. The van der Waals surface area contributed by atoms with Gasteiger partial charge in [0.2, 0.25) is 5.88 Å². The monoisotopic (exact) mass is 526 g/mol. The van der Waals surface area contributed by atoms with Gasteiger partial charge in [-0.3, -0.25) is 0 Å². The molecule has 1 aromatic heterocycles. The number of hydrogen-bond donors (Lipinski definition) is 3. The molecule has 0 fully saturated rings. The first-order valence-electron chi connectivity index (χ1n) is 11.3. The number of halogens is 3. The Morgan fingerprint density at radius 3 is 2.30 bits per heavy atom. The first kappa shape index (κ1) is 31.2. The van der Waals surface area contributed by atoms with Gasteiger partial charge in [0, 0.05) is 36.7 Å². The van der Waals surface area contributed by atoms with E-state index in [1.165, 1.54) is 0 Å². The molecule has 1 aliphatic heterocycles. The van der Waals surface area contributed by atoms with Gasteiger partial charge in [0.1, 0.15) is 23.2 Å². The number of pyridine rings is 1. The summed E-state index contributed by atoms with van der Waals surface area (Å²) in [7, 11) is 3.21. The Labute approximate surface area is 214 Å². The number of benzene rings is 1. The summed E-state index contributed by atoms with van der Waals surface area (Å²) in [4.78, 5) is 13.5. The zero-order valence-corrected chi connectivity index (χ0v) is 20.5. The number of nitrogens with one attached hydrogen (secondary N) is 2. The number of unbranched alkanes of at least 4 members (excludes halogenated alkanes) is 1. The Kier molecular flexibility index (Phi) is 11.8. The number of rotatable bonds is 9. The molecule has 0 bridgehead atoms. The lowest BCUT2D eigenvalue weighted by Crippen LogP contribution is -2.21. The smallest absolute Gasteiger partial charge is 0.490 e. The van der Waals surface area contributed by atoms with E-state index in [1.807, 2.05) is 12.1 Å². The summed E-state index contributed by atoms with van der Waals surface area (Å²) in [5, 5.41) is 23.7. The molecule has 204 valence electrons. The molecule has 3 N–H and O–H groups in total. The second kappa shape index (κ2) is 14.0. The highest BCUT2D eigenvalue weighted by molar-refractivity contribution is 5.76. The number of nitriles is 1. The molecule has 9 nitrogen and oxygen atoms in total. The van der Waals surface area contributed by atoms with E-state index in [2.05, 4.69) is 35.5 Å². The molecule has 0 saturated carbocycles. The number of carboxylic acid groups (broad SMARTS) is 1. The van der Waals surface area contributed by atoms with E-state index in [4.69, 9.17) is 24.1 Å². The minimum absolute atomic E-state index is 0. The lowest BCUT2D eigenvalue weighted by Gasteiger charge is -2.25. The minimum Gasteiger partial charge on any atom is -0.493 e. The molecule has 1 aliphatic rings. The fourth-order valence-electron chi connectivity index (χ4n) is 3.35. The van der Waals surface area contributed by atoms with Crippen LogP contribution >= 0.6 is 0 Å². The summed E-state index contributed by atoms with van der Waals surface area (Å²) in [6.45, 7) is 5.73. The third-order valence-corrected chi connectivity index (χ3v) is 5.13. The number of carboxylic acids is 1. The summed E-state index contributed by atoms with van der Waals surface area (Å²) in [5.74, 6) is 0.251. The Balaban J connectivity index is 0.000000754. The lowest BCUT2D eigenvalue weighted by molar-refractivity contribution is -0.192. The maximum atomic E-state index is 10.6. The van der Waals surface area contributed by atoms with Crippen LogP contribution in [0.5, 0.6) is 23.1 Å². The Morgan fingerprint density at radius 1 is 1.16 bits per heavy atom. The topological polar surface area (TPSA) is 126 Å². The van der Waals surface area contributed by atoms with Gasteiger partial charge in [-0.1, -0.05) is 27.7 Å². The molecule has 37 heavy (non-hydrogen) atoms. The van der Waals surface area contributed by atoms with Gasteiger partial charge in [0.15, 0.2) is 11.5 Å². The lowest BCUT2D eigenvalue weighted by atomic mass is 9.98. The van der Waals surface area contributed by atoms with Crippen LogP contribution in [0.3, 0.4) is 0 Å². The van der Waals surface area contributed by atoms with Crippen LogP contribution in [0.4, 0.5) is 24.7 Å².